The summed E-state index contributed by atoms with van der Waals surface area (Å²) in [5.74, 6) is 0.242. The van der Waals surface area contributed by atoms with Crippen LogP contribution < -0.4 is 5.73 Å². The van der Waals surface area contributed by atoms with Crippen molar-refractivity contribution < 1.29 is 4.39 Å². The molecule has 0 aliphatic heterocycles. The van der Waals surface area contributed by atoms with Crippen molar-refractivity contribution in [2.24, 2.45) is 11.7 Å². The smallest absolute Gasteiger partial charge is 0.126 e. The second-order valence-electron chi connectivity index (χ2n) is 4.14. The van der Waals surface area contributed by atoms with E-state index in [9.17, 15) is 4.39 Å². The van der Waals surface area contributed by atoms with E-state index >= 15 is 0 Å². The standard InChI is InChI=1S/C11H16FNS/c12-11(8-13,10-1-2-10)5-3-9-4-6-14-7-9/h4,6-7,10H,1-3,5,8,13H2. The van der Waals surface area contributed by atoms with Gasteiger partial charge in [0, 0.05) is 6.54 Å². The molecule has 0 radical (unpaired) electrons. The van der Waals surface area contributed by atoms with Gasteiger partial charge in [0.25, 0.3) is 0 Å². The number of halogens is 1. The van der Waals surface area contributed by atoms with Gasteiger partial charge in [-0.1, -0.05) is 0 Å². The van der Waals surface area contributed by atoms with E-state index in [1.807, 2.05) is 5.38 Å². The number of rotatable bonds is 5. The summed E-state index contributed by atoms with van der Waals surface area (Å²) in [6, 6.07) is 2.06. The van der Waals surface area contributed by atoms with Gasteiger partial charge in [0.15, 0.2) is 0 Å². The molecule has 1 aliphatic carbocycles. The lowest BCUT2D eigenvalue weighted by Gasteiger charge is -2.22. The zero-order chi connectivity index (χ0) is 10.0. The van der Waals surface area contributed by atoms with Crippen molar-refractivity contribution in [3.05, 3.63) is 22.4 Å². The van der Waals surface area contributed by atoms with Crippen molar-refractivity contribution in [2.45, 2.75) is 31.4 Å². The molecule has 1 heterocycles. The SMILES string of the molecule is NCC(F)(CCc1ccsc1)C1CC1. The monoisotopic (exact) mass is 213 g/mol. The summed E-state index contributed by atoms with van der Waals surface area (Å²) in [5.41, 5.74) is 5.66. The zero-order valence-electron chi connectivity index (χ0n) is 8.21. The molecule has 2 N–H and O–H groups in total. The van der Waals surface area contributed by atoms with Crippen LogP contribution in [0.25, 0.3) is 0 Å². The molecule has 0 amide bonds. The molecule has 1 aliphatic rings. The molecular formula is C11H16FNS. The van der Waals surface area contributed by atoms with Crippen LogP contribution in [-0.4, -0.2) is 12.2 Å². The summed E-state index contributed by atoms with van der Waals surface area (Å²) in [6.45, 7) is 0.182. The maximum absolute atomic E-state index is 14.2. The molecule has 0 spiro atoms. The van der Waals surface area contributed by atoms with Crippen LogP contribution >= 0.6 is 11.3 Å². The predicted octanol–water partition coefficient (Wildman–Crippen LogP) is 2.76. The third-order valence-electron chi connectivity index (χ3n) is 3.06. The van der Waals surface area contributed by atoms with E-state index in [0.717, 1.165) is 19.3 Å². The Kier molecular flexibility index (Phi) is 2.88. The number of aryl methyl sites for hydroxylation is 1. The molecule has 1 fully saturated rings. The molecule has 1 atom stereocenters. The van der Waals surface area contributed by atoms with Crippen LogP contribution in [0, 0.1) is 5.92 Å². The molecule has 0 bridgehead atoms. The topological polar surface area (TPSA) is 26.0 Å². The van der Waals surface area contributed by atoms with Gasteiger partial charge < -0.3 is 5.73 Å². The van der Waals surface area contributed by atoms with Crippen LogP contribution in [0.1, 0.15) is 24.8 Å². The van der Waals surface area contributed by atoms with Crippen molar-refractivity contribution in [1.82, 2.24) is 0 Å². The second kappa shape index (κ2) is 3.99. The Balaban J connectivity index is 1.89. The van der Waals surface area contributed by atoms with E-state index in [-0.39, 0.29) is 12.5 Å². The highest BCUT2D eigenvalue weighted by atomic mass is 32.1. The molecule has 1 aromatic rings. The highest BCUT2D eigenvalue weighted by Gasteiger charge is 2.44. The molecule has 1 unspecified atom stereocenters. The van der Waals surface area contributed by atoms with Crippen LogP contribution in [0.15, 0.2) is 16.8 Å². The first-order valence-corrected chi connectivity index (χ1v) is 6.09. The molecular weight excluding hydrogens is 197 g/mol. The number of thiophene rings is 1. The Labute approximate surface area is 88.1 Å². The Morgan fingerprint density at radius 3 is 2.86 bits per heavy atom. The summed E-state index contributed by atoms with van der Waals surface area (Å²) >= 11 is 1.67. The highest BCUT2D eigenvalue weighted by molar-refractivity contribution is 7.07. The quantitative estimate of drug-likeness (QED) is 0.799. The van der Waals surface area contributed by atoms with Crippen molar-refractivity contribution in [3.63, 3.8) is 0 Å². The summed E-state index contributed by atoms with van der Waals surface area (Å²) in [6.07, 6.45) is 3.47. The van der Waals surface area contributed by atoms with Crippen LogP contribution in [0.5, 0.6) is 0 Å². The van der Waals surface area contributed by atoms with Gasteiger partial charge in [-0.3, -0.25) is 0 Å². The molecule has 1 saturated carbocycles. The minimum atomic E-state index is -1.10. The lowest BCUT2D eigenvalue weighted by Crippen LogP contribution is -2.35. The number of hydrogen-bond donors (Lipinski definition) is 1. The fourth-order valence-corrected chi connectivity index (χ4v) is 2.56. The zero-order valence-corrected chi connectivity index (χ0v) is 9.02. The van der Waals surface area contributed by atoms with Crippen molar-refractivity contribution in [2.75, 3.05) is 6.54 Å². The van der Waals surface area contributed by atoms with Gasteiger partial charge in [0.2, 0.25) is 0 Å². The van der Waals surface area contributed by atoms with Crippen LogP contribution in [-0.2, 0) is 6.42 Å². The second-order valence-corrected chi connectivity index (χ2v) is 4.92. The molecule has 14 heavy (non-hydrogen) atoms. The van der Waals surface area contributed by atoms with E-state index in [1.54, 1.807) is 11.3 Å². The molecule has 2 rings (SSSR count). The summed E-state index contributed by atoms with van der Waals surface area (Å²) in [7, 11) is 0. The average Bonchev–Trinajstić information content (AvgIpc) is 2.94. The fourth-order valence-electron chi connectivity index (χ4n) is 1.86. The summed E-state index contributed by atoms with van der Waals surface area (Å²) in [5, 5.41) is 4.12. The molecule has 0 saturated heterocycles. The van der Waals surface area contributed by atoms with Gasteiger partial charge in [0.1, 0.15) is 5.67 Å². The maximum atomic E-state index is 14.2. The van der Waals surface area contributed by atoms with Crippen LogP contribution in [0.2, 0.25) is 0 Å². The van der Waals surface area contributed by atoms with E-state index in [0.29, 0.717) is 6.42 Å². The van der Waals surface area contributed by atoms with E-state index in [1.165, 1.54) is 5.56 Å². The van der Waals surface area contributed by atoms with Gasteiger partial charge in [-0.25, -0.2) is 4.39 Å². The largest absolute Gasteiger partial charge is 0.328 e. The minimum Gasteiger partial charge on any atom is -0.328 e. The Hall–Kier alpha value is -0.410. The fraction of sp³-hybridized carbons (Fsp3) is 0.636. The van der Waals surface area contributed by atoms with E-state index in [2.05, 4.69) is 11.4 Å². The van der Waals surface area contributed by atoms with E-state index < -0.39 is 5.67 Å². The van der Waals surface area contributed by atoms with Crippen molar-refractivity contribution >= 4 is 11.3 Å². The van der Waals surface area contributed by atoms with Gasteiger partial charge in [0.05, 0.1) is 0 Å². The molecule has 0 aromatic carbocycles. The summed E-state index contributed by atoms with van der Waals surface area (Å²) in [4.78, 5) is 0. The number of hydrogen-bond acceptors (Lipinski definition) is 2. The van der Waals surface area contributed by atoms with Gasteiger partial charge in [-0.05, 0) is 54.0 Å². The first-order valence-electron chi connectivity index (χ1n) is 5.15. The van der Waals surface area contributed by atoms with Gasteiger partial charge in [-0.2, -0.15) is 11.3 Å². The third-order valence-corrected chi connectivity index (χ3v) is 3.79. The third kappa shape index (κ3) is 2.15. The Morgan fingerprint density at radius 1 is 1.57 bits per heavy atom. The van der Waals surface area contributed by atoms with Crippen molar-refractivity contribution in [1.29, 1.82) is 0 Å². The molecule has 1 aromatic heterocycles. The first kappa shape index (κ1) is 10.1. The van der Waals surface area contributed by atoms with Crippen molar-refractivity contribution in [3.8, 4) is 0 Å². The lowest BCUT2D eigenvalue weighted by molar-refractivity contribution is 0.130. The Bertz CT molecular complexity index is 281. The predicted molar refractivity (Wildman–Crippen MR) is 58.3 cm³/mol. The van der Waals surface area contributed by atoms with Crippen LogP contribution in [0.4, 0.5) is 4.39 Å². The number of nitrogens with two attached hydrogens (primary N) is 1. The Morgan fingerprint density at radius 2 is 2.36 bits per heavy atom. The van der Waals surface area contributed by atoms with Gasteiger partial charge >= 0.3 is 0 Å². The summed E-state index contributed by atoms with van der Waals surface area (Å²) < 4.78 is 14.2. The highest BCUT2D eigenvalue weighted by Crippen LogP contribution is 2.44. The lowest BCUT2D eigenvalue weighted by atomic mass is 9.93. The molecule has 1 nitrogen and oxygen atoms in total. The minimum absolute atomic E-state index is 0.182. The van der Waals surface area contributed by atoms with E-state index in [4.69, 9.17) is 5.73 Å². The van der Waals surface area contributed by atoms with Crippen LogP contribution in [0.3, 0.4) is 0 Å². The molecule has 3 heteroatoms. The normalized spacial score (nSPS) is 20.7. The maximum Gasteiger partial charge on any atom is 0.126 e. The molecule has 78 valence electrons. The van der Waals surface area contributed by atoms with Gasteiger partial charge in [-0.15, -0.1) is 0 Å². The first-order chi connectivity index (χ1) is 6.74. The number of alkyl halides is 1. The average molecular weight is 213 g/mol.